The number of halogens is 1. The third kappa shape index (κ3) is 11.1. The monoisotopic (exact) mass is 345 g/mol. The Morgan fingerprint density at radius 2 is 2.07 bits per heavy atom. The van der Waals surface area contributed by atoms with Crippen molar-refractivity contribution < 1.29 is 9.16 Å². The molecule has 0 fully saturated rings. The van der Waals surface area contributed by atoms with Crippen LogP contribution in [0.5, 0.6) is 0 Å². The highest BCUT2D eigenvalue weighted by molar-refractivity contribution is 14.1. The molecule has 15 heavy (non-hydrogen) atoms. The van der Waals surface area contributed by atoms with Gasteiger partial charge in [-0.3, -0.25) is 0 Å². The van der Waals surface area contributed by atoms with Gasteiger partial charge < -0.3 is 14.1 Å². The summed E-state index contributed by atoms with van der Waals surface area (Å²) in [5, 5.41) is 0. The van der Waals surface area contributed by atoms with Crippen LogP contribution in [0.2, 0.25) is 6.04 Å². The molecule has 0 saturated carbocycles. The van der Waals surface area contributed by atoms with E-state index in [0.29, 0.717) is 0 Å². The molecule has 0 radical (unpaired) electrons. The minimum absolute atomic E-state index is 0.810. The summed E-state index contributed by atoms with van der Waals surface area (Å²) < 4.78 is 12.6. The third-order valence-corrected chi connectivity index (χ3v) is 5.19. The predicted molar refractivity (Wildman–Crippen MR) is 76.5 cm³/mol. The topological polar surface area (TPSA) is 21.7 Å². The molecule has 5 heteroatoms. The van der Waals surface area contributed by atoms with Crippen LogP contribution in [0.1, 0.15) is 13.3 Å². The average molecular weight is 345 g/mol. The third-order valence-electron chi connectivity index (χ3n) is 2.06. The lowest BCUT2D eigenvalue weighted by atomic mass is 10.6. The highest BCUT2D eigenvalue weighted by Crippen LogP contribution is 2.03. The van der Waals surface area contributed by atoms with E-state index in [0.717, 1.165) is 26.0 Å². The summed E-state index contributed by atoms with van der Waals surface area (Å²) in [6.45, 7) is 4.73. The number of hydrogen-bond donors (Lipinski definition) is 0. The normalized spacial score (nSPS) is 13.4. The van der Waals surface area contributed by atoms with Gasteiger partial charge in [0.2, 0.25) is 9.04 Å². The quantitative estimate of drug-likeness (QED) is 0.342. The molecule has 0 rings (SSSR count). The number of alkyl halides is 1. The van der Waals surface area contributed by atoms with Gasteiger partial charge in [-0.05, 0) is 37.9 Å². The maximum atomic E-state index is 5.93. The number of hydrogen-bond acceptors (Lipinski definition) is 3. The lowest BCUT2D eigenvalue weighted by molar-refractivity contribution is 0.167. The zero-order valence-corrected chi connectivity index (χ0v) is 13.5. The lowest BCUT2D eigenvalue weighted by Crippen LogP contribution is -2.29. The van der Waals surface area contributed by atoms with Crippen LogP contribution in [0, 0.1) is 0 Å². The maximum absolute atomic E-state index is 5.93. The molecule has 0 amide bonds. The second-order valence-electron chi connectivity index (χ2n) is 3.79. The Balaban J connectivity index is 3.58. The number of nitrogens with zero attached hydrogens (tertiary/aromatic N) is 1. The molecule has 0 aliphatic carbocycles. The fourth-order valence-electron chi connectivity index (χ4n) is 1.17. The number of ether oxygens (including phenoxy) is 1. The van der Waals surface area contributed by atoms with Crippen LogP contribution < -0.4 is 0 Å². The van der Waals surface area contributed by atoms with E-state index >= 15 is 0 Å². The largest absolute Gasteiger partial charge is 0.416 e. The summed E-state index contributed by atoms with van der Waals surface area (Å²) in [6, 6.07) is 1.25. The molecule has 0 bridgehead atoms. The zero-order valence-electron chi connectivity index (χ0n) is 10.2. The lowest BCUT2D eigenvalue weighted by Gasteiger charge is -2.17. The van der Waals surface area contributed by atoms with E-state index in [9.17, 15) is 0 Å². The van der Waals surface area contributed by atoms with Crippen molar-refractivity contribution in [2.24, 2.45) is 0 Å². The van der Waals surface area contributed by atoms with Gasteiger partial charge in [0.25, 0.3) is 0 Å². The van der Waals surface area contributed by atoms with Crippen molar-refractivity contribution in [3.05, 3.63) is 0 Å². The van der Waals surface area contributed by atoms with Gasteiger partial charge in [0.15, 0.2) is 0 Å². The fraction of sp³-hybridized carbons (Fsp3) is 1.00. The van der Waals surface area contributed by atoms with E-state index in [1.165, 1.54) is 16.9 Å². The van der Waals surface area contributed by atoms with Gasteiger partial charge >= 0.3 is 0 Å². The summed E-state index contributed by atoms with van der Waals surface area (Å²) in [4.78, 5) is 2.16. The van der Waals surface area contributed by atoms with Gasteiger partial charge in [0, 0.05) is 19.8 Å². The van der Waals surface area contributed by atoms with E-state index in [1.807, 2.05) is 6.92 Å². The van der Waals surface area contributed by atoms with E-state index in [2.05, 4.69) is 41.6 Å². The van der Waals surface area contributed by atoms with Gasteiger partial charge in [0.05, 0.1) is 6.23 Å². The molecule has 0 saturated heterocycles. The molecule has 92 valence electrons. The average Bonchev–Trinajstić information content (AvgIpc) is 2.20. The summed E-state index contributed by atoms with van der Waals surface area (Å²) >= 11 is 2.42. The summed E-state index contributed by atoms with van der Waals surface area (Å²) in [5.41, 5.74) is 0. The first-order valence-corrected chi connectivity index (χ1v) is 9.23. The SMILES string of the molecule is CCOC[SiH](CCCI)OCCN(C)C. The predicted octanol–water partition coefficient (Wildman–Crippen LogP) is 1.69. The van der Waals surface area contributed by atoms with Gasteiger partial charge in [0.1, 0.15) is 0 Å². The number of rotatable bonds is 10. The van der Waals surface area contributed by atoms with Crippen molar-refractivity contribution in [2.45, 2.75) is 19.4 Å². The summed E-state index contributed by atoms with van der Waals surface area (Å²) in [6.07, 6.45) is 2.15. The van der Waals surface area contributed by atoms with Crippen LogP contribution >= 0.6 is 22.6 Å². The molecule has 0 aromatic carbocycles. The molecule has 0 N–H and O–H groups in total. The molecule has 0 aliphatic rings. The first kappa shape index (κ1) is 15.8. The Bertz CT molecular complexity index is 131. The van der Waals surface area contributed by atoms with Crippen molar-refractivity contribution in [1.82, 2.24) is 4.90 Å². The summed E-state index contributed by atoms with van der Waals surface area (Å²) in [7, 11) is 3.07. The molecule has 0 aromatic heterocycles. The minimum Gasteiger partial charge on any atom is -0.416 e. The van der Waals surface area contributed by atoms with E-state index in [-0.39, 0.29) is 0 Å². The molecule has 3 nitrogen and oxygen atoms in total. The Hall–Kier alpha value is 0.827. The first-order chi connectivity index (χ1) is 7.20. The van der Waals surface area contributed by atoms with Crippen LogP contribution in [0.25, 0.3) is 0 Å². The van der Waals surface area contributed by atoms with Crippen LogP contribution in [0.15, 0.2) is 0 Å². The van der Waals surface area contributed by atoms with E-state index in [1.54, 1.807) is 0 Å². The van der Waals surface area contributed by atoms with Crippen molar-refractivity contribution in [3.8, 4) is 0 Å². The van der Waals surface area contributed by atoms with Crippen molar-refractivity contribution in [3.63, 3.8) is 0 Å². The van der Waals surface area contributed by atoms with Crippen LogP contribution in [-0.2, 0) is 9.16 Å². The first-order valence-electron chi connectivity index (χ1n) is 5.60. The zero-order chi connectivity index (χ0) is 11.5. The van der Waals surface area contributed by atoms with Crippen LogP contribution in [0.3, 0.4) is 0 Å². The Kier molecular flexibility index (Phi) is 11.9. The second kappa shape index (κ2) is 11.3. The van der Waals surface area contributed by atoms with E-state index < -0.39 is 9.04 Å². The van der Waals surface area contributed by atoms with Gasteiger partial charge in [-0.1, -0.05) is 22.6 Å². The molecule has 0 aliphatic heterocycles. The molecule has 0 heterocycles. The van der Waals surface area contributed by atoms with Gasteiger partial charge in [-0.2, -0.15) is 0 Å². The summed E-state index contributed by atoms with van der Waals surface area (Å²) in [5.74, 6) is 0. The molecule has 0 aromatic rings. The molecular formula is C10H24INO2Si. The Morgan fingerprint density at radius 3 is 2.60 bits per heavy atom. The molecule has 1 unspecified atom stereocenters. The minimum atomic E-state index is -1.08. The van der Waals surface area contributed by atoms with Crippen molar-refractivity contribution >= 4 is 31.6 Å². The number of likely N-dealkylation sites (N-methyl/N-ethyl adjacent to an activating group) is 1. The Labute approximate surface area is 109 Å². The second-order valence-corrected chi connectivity index (χ2v) is 7.35. The maximum Gasteiger partial charge on any atom is 0.202 e. The van der Waals surface area contributed by atoms with Gasteiger partial charge in [-0.15, -0.1) is 0 Å². The Morgan fingerprint density at radius 1 is 1.33 bits per heavy atom. The van der Waals surface area contributed by atoms with Crippen LogP contribution in [0.4, 0.5) is 0 Å². The van der Waals surface area contributed by atoms with Crippen molar-refractivity contribution in [1.29, 1.82) is 0 Å². The highest BCUT2D eigenvalue weighted by atomic mass is 127. The molecule has 0 spiro atoms. The fourth-order valence-corrected chi connectivity index (χ4v) is 4.47. The molecular weight excluding hydrogens is 321 g/mol. The molecule has 1 atom stereocenters. The highest BCUT2D eigenvalue weighted by Gasteiger charge is 2.11. The smallest absolute Gasteiger partial charge is 0.202 e. The van der Waals surface area contributed by atoms with Gasteiger partial charge in [-0.25, -0.2) is 0 Å². The van der Waals surface area contributed by atoms with Crippen LogP contribution in [-0.4, -0.2) is 58.5 Å². The standard InChI is InChI=1S/C10H24INO2Si/c1-4-13-10-15(9-5-6-11)14-8-7-12(2)3/h15H,4-10H2,1-3H3. The van der Waals surface area contributed by atoms with E-state index in [4.69, 9.17) is 9.16 Å². The van der Waals surface area contributed by atoms with Crippen molar-refractivity contribution in [2.75, 3.05) is 44.5 Å².